The first-order valence-corrected chi connectivity index (χ1v) is 9.04. The molecule has 1 aliphatic rings. The number of ether oxygens (including phenoxy) is 1. The quantitative estimate of drug-likeness (QED) is 0.746. The molecule has 142 valence electrons. The van der Waals surface area contributed by atoms with E-state index in [4.69, 9.17) is 4.74 Å². The summed E-state index contributed by atoms with van der Waals surface area (Å²) in [4.78, 5) is 0. The standard InChI is InChI=1S/C19H24F3N3O/c1-23-10-15-8-19(25(24-15)11-13-5-3-2-4-6-13)26-12-14-7-17(21)18(22)9-16(14)20/h7-9,13,23H,2-6,10-12H2,1H3. The average Bonchev–Trinajstić information content (AvgIpc) is 2.99. The van der Waals surface area contributed by atoms with Crippen LogP contribution < -0.4 is 10.1 Å². The molecule has 26 heavy (non-hydrogen) atoms. The van der Waals surface area contributed by atoms with Gasteiger partial charge in [-0.15, -0.1) is 0 Å². The molecule has 1 heterocycles. The van der Waals surface area contributed by atoms with Gasteiger partial charge in [0.25, 0.3) is 0 Å². The SMILES string of the molecule is CNCc1cc(OCc2cc(F)c(F)cc2F)n(CC2CCCCC2)n1. The van der Waals surface area contributed by atoms with Gasteiger partial charge in [-0.05, 0) is 31.9 Å². The van der Waals surface area contributed by atoms with Crippen LogP contribution >= 0.6 is 0 Å². The van der Waals surface area contributed by atoms with E-state index in [0.29, 0.717) is 24.4 Å². The van der Waals surface area contributed by atoms with Crippen molar-refractivity contribution in [1.82, 2.24) is 15.1 Å². The Balaban J connectivity index is 1.74. The molecule has 0 atom stereocenters. The zero-order valence-electron chi connectivity index (χ0n) is 14.9. The van der Waals surface area contributed by atoms with Crippen LogP contribution in [0.2, 0.25) is 0 Å². The molecule has 2 aromatic rings. The topological polar surface area (TPSA) is 39.1 Å². The molecule has 1 N–H and O–H groups in total. The van der Waals surface area contributed by atoms with E-state index in [1.54, 1.807) is 10.7 Å². The van der Waals surface area contributed by atoms with Gasteiger partial charge in [0.05, 0.1) is 5.69 Å². The van der Waals surface area contributed by atoms with E-state index in [1.807, 2.05) is 7.05 Å². The number of rotatable bonds is 7. The van der Waals surface area contributed by atoms with Crippen molar-refractivity contribution < 1.29 is 17.9 Å². The Hall–Kier alpha value is -2.02. The first-order valence-electron chi connectivity index (χ1n) is 9.04. The van der Waals surface area contributed by atoms with Crippen LogP contribution in [0.15, 0.2) is 18.2 Å². The molecular weight excluding hydrogens is 343 g/mol. The minimum atomic E-state index is -1.20. The molecule has 0 spiro atoms. The van der Waals surface area contributed by atoms with Gasteiger partial charge in [0.15, 0.2) is 11.6 Å². The van der Waals surface area contributed by atoms with Gasteiger partial charge in [-0.3, -0.25) is 0 Å². The predicted octanol–water partition coefficient (Wildman–Crippen LogP) is 4.18. The Morgan fingerprint density at radius 1 is 1.08 bits per heavy atom. The number of nitrogens with one attached hydrogen (secondary N) is 1. The van der Waals surface area contributed by atoms with E-state index in [1.165, 1.54) is 32.1 Å². The number of hydrogen-bond donors (Lipinski definition) is 1. The van der Waals surface area contributed by atoms with Crippen LogP contribution in [0, 0.1) is 23.4 Å². The van der Waals surface area contributed by atoms with Crippen molar-refractivity contribution in [2.24, 2.45) is 5.92 Å². The minimum Gasteiger partial charge on any atom is -0.473 e. The van der Waals surface area contributed by atoms with Crippen LogP contribution in [-0.4, -0.2) is 16.8 Å². The summed E-state index contributed by atoms with van der Waals surface area (Å²) >= 11 is 0. The fourth-order valence-corrected chi connectivity index (χ4v) is 3.41. The van der Waals surface area contributed by atoms with E-state index in [9.17, 15) is 13.2 Å². The molecule has 1 saturated carbocycles. The molecule has 0 aliphatic heterocycles. The highest BCUT2D eigenvalue weighted by Gasteiger charge is 2.18. The lowest BCUT2D eigenvalue weighted by atomic mass is 9.89. The number of halogens is 3. The molecule has 0 radical (unpaired) electrons. The third-order valence-electron chi connectivity index (χ3n) is 4.77. The van der Waals surface area contributed by atoms with Crippen molar-refractivity contribution in [1.29, 1.82) is 0 Å². The lowest BCUT2D eigenvalue weighted by Crippen LogP contribution is -2.17. The Labute approximate surface area is 151 Å². The van der Waals surface area contributed by atoms with Crippen LogP contribution in [0.4, 0.5) is 13.2 Å². The Kier molecular flexibility index (Phi) is 6.19. The summed E-state index contributed by atoms with van der Waals surface area (Å²) in [5.74, 6) is -2.04. The van der Waals surface area contributed by atoms with Gasteiger partial charge in [-0.2, -0.15) is 5.10 Å². The Bertz CT molecular complexity index is 742. The molecule has 3 rings (SSSR count). The van der Waals surface area contributed by atoms with Crippen molar-refractivity contribution in [3.63, 3.8) is 0 Å². The molecule has 1 aromatic carbocycles. The van der Waals surface area contributed by atoms with Crippen molar-refractivity contribution in [2.75, 3.05) is 7.05 Å². The smallest absolute Gasteiger partial charge is 0.212 e. The van der Waals surface area contributed by atoms with Crippen LogP contribution in [0.5, 0.6) is 5.88 Å². The number of nitrogens with zero attached hydrogens (tertiary/aromatic N) is 2. The summed E-state index contributed by atoms with van der Waals surface area (Å²) < 4.78 is 47.7. The number of hydrogen-bond acceptors (Lipinski definition) is 3. The molecule has 1 aliphatic carbocycles. The largest absolute Gasteiger partial charge is 0.473 e. The van der Waals surface area contributed by atoms with Crippen molar-refractivity contribution >= 4 is 0 Å². The molecule has 0 amide bonds. The normalized spacial score (nSPS) is 15.4. The zero-order valence-corrected chi connectivity index (χ0v) is 14.9. The van der Waals surface area contributed by atoms with Crippen molar-refractivity contribution in [3.8, 4) is 5.88 Å². The lowest BCUT2D eigenvalue weighted by Gasteiger charge is -2.22. The molecular formula is C19H24F3N3O. The van der Waals surface area contributed by atoms with E-state index in [-0.39, 0.29) is 12.2 Å². The summed E-state index contributed by atoms with van der Waals surface area (Å²) in [6.45, 7) is 1.16. The zero-order chi connectivity index (χ0) is 18.5. The maximum atomic E-state index is 13.8. The maximum Gasteiger partial charge on any atom is 0.212 e. The molecule has 0 saturated heterocycles. The van der Waals surface area contributed by atoms with Gasteiger partial charge in [-0.1, -0.05) is 19.3 Å². The predicted molar refractivity (Wildman–Crippen MR) is 92.2 cm³/mol. The van der Waals surface area contributed by atoms with Gasteiger partial charge in [0.1, 0.15) is 12.4 Å². The van der Waals surface area contributed by atoms with Gasteiger partial charge >= 0.3 is 0 Å². The Morgan fingerprint density at radius 2 is 1.81 bits per heavy atom. The van der Waals surface area contributed by atoms with Crippen LogP contribution in [0.25, 0.3) is 0 Å². The van der Waals surface area contributed by atoms with E-state index in [0.717, 1.165) is 18.3 Å². The van der Waals surface area contributed by atoms with E-state index >= 15 is 0 Å². The molecule has 0 unspecified atom stereocenters. The highest BCUT2D eigenvalue weighted by atomic mass is 19.2. The molecule has 7 heteroatoms. The highest BCUT2D eigenvalue weighted by Crippen LogP contribution is 2.27. The summed E-state index contributed by atoms with van der Waals surface area (Å²) in [7, 11) is 1.83. The van der Waals surface area contributed by atoms with Gasteiger partial charge in [-0.25, -0.2) is 17.9 Å². The fraction of sp³-hybridized carbons (Fsp3) is 0.526. The Morgan fingerprint density at radius 3 is 2.54 bits per heavy atom. The van der Waals surface area contributed by atoms with Gasteiger partial charge in [0, 0.05) is 30.8 Å². The van der Waals surface area contributed by atoms with E-state index < -0.39 is 17.5 Å². The monoisotopic (exact) mass is 367 g/mol. The van der Waals surface area contributed by atoms with Gasteiger partial charge < -0.3 is 10.1 Å². The van der Waals surface area contributed by atoms with Crippen LogP contribution in [0.1, 0.15) is 43.4 Å². The first-order chi connectivity index (χ1) is 12.6. The third-order valence-corrected chi connectivity index (χ3v) is 4.77. The lowest BCUT2D eigenvalue weighted by molar-refractivity contribution is 0.241. The van der Waals surface area contributed by atoms with Gasteiger partial charge in [0.2, 0.25) is 5.88 Å². The second-order valence-electron chi connectivity index (χ2n) is 6.84. The summed E-state index contributed by atoms with van der Waals surface area (Å²) in [6.07, 6.45) is 6.06. The first kappa shape index (κ1) is 18.8. The summed E-state index contributed by atoms with van der Waals surface area (Å²) in [5, 5.41) is 7.60. The second-order valence-corrected chi connectivity index (χ2v) is 6.84. The van der Waals surface area contributed by atoms with E-state index in [2.05, 4.69) is 10.4 Å². The number of benzene rings is 1. The van der Waals surface area contributed by atoms with Crippen molar-refractivity contribution in [3.05, 3.63) is 46.9 Å². The maximum absolute atomic E-state index is 13.8. The molecule has 0 bridgehead atoms. The van der Waals surface area contributed by atoms with Crippen LogP contribution in [0.3, 0.4) is 0 Å². The third kappa shape index (κ3) is 4.58. The van der Waals surface area contributed by atoms with Crippen molar-refractivity contribution in [2.45, 2.75) is 51.8 Å². The summed E-state index contributed by atoms with van der Waals surface area (Å²) in [6, 6.07) is 3.18. The fourth-order valence-electron chi connectivity index (χ4n) is 3.41. The molecule has 4 nitrogen and oxygen atoms in total. The average molecular weight is 367 g/mol. The summed E-state index contributed by atoms with van der Waals surface area (Å²) in [5.41, 5.74) is 0.800. The highest BCUT2D eigenvalue weighted by molar-refractivity contribution is 5.21. The number of aromatic nitrogens is 2. The minimum absolute atomic E-state index is 0.0236. The molecule has 1 fully saturated rings. The molecule has 1 aromatic heterocycles. The van der Waals surface area contributed by atoms with Crippen LogP contribution in [-0.2, 0) is 19.7 Å². The second kappa shape index (κ2) is 8.58.